The Balaban J connectivity index is 2.35. The molecule has 0 saturated carbocycles. The van der Waals surface area contributed by atoms with Crippen LogP contribution in [0.3, 0.4) is 0 Å². The first kappa shape index (κ1) is 13.8. The predicted octanol–water partition coefficient (Wildman–Crippen LogP) is 3.98. The molecule has 0 aliphatic rings. The van der Waals surface area contributed by atoms with Crippen molar-refractivity contribution in [3.05, 3.63) is 38.3 Å². The molecular formula is C14H15IN4S. The van der Waals surface area contributed by atoms with Gasteiger partial charge in [0.15, 0.2) is 10.4 Å². The number of imidazole rings is 1. The summed E-state index contributed by atoms with van der Waals surface area (Å²) in [7, 11) is 1.97. The van der Waals surface area contributed by atoms with Crippen LogP contribution in [0.15, 0.2) is 24.3 Å². The van der Waals surface area contributed by atoms with Crippen LogP contribution in [0.5, 0.6) is 0 Å². The minimum absolute atomic E-state index is 0.717. The number of aromatic amines is 1. The monoisotopic (exact) mass is 398 g/mol. The van der Waals surface area contributed by atoms with Crippen LogP contribution in [-0.4, -0.2) is 19.3 Å². The topological polar surface area (TPSA) is 38.5 Å². The lowest BCUT2D eigenvalue weighted by Crippen LogP contribution is -2.02. The third-order valence-corrected chi connectivity index (χ3v) is 4.51. The fraction of sp³-hybridized carbons (Fsp3) is 0.286. The van der Waals surface area contributed by atoms with Crippen molar-refractivity contribution in [2.45, 2.75) is 19.8 Å². The zero-order valence-corrected chi connectivity index (χ0v) is 14.3. The lowest BCUT2D eigenvalue weighted by molar-refractivity contribution is 0.735. The largest absolute Gasteiger partial charge is 0.327 e. The zero-order chi connectivity index (χ0) is 14.3. The number of rotatable bonds is 3. The Morgan fingerprint density at radius 3 is 2.80 bits per heavy atom. The zero-order valence-electron chi connectivity index (χ0n) is 11.4. The number of halogens is 1. The van der Waals surface area contributed by atoms with Crippen molar-refractivity contribution >= 4 is 46.0 Å². The van der Waals surface area contributed by atoms with Crippen molar-refractivity contribution in [1.82, 2.24) is 19.3 Å². The van der Waals surface area contributed by atoms with Crippen LogP contribution in [0, 0.1) is 8.34 Å². The Hall–Kier alpha value is -1.15. The van der Waals surface area contributed by atoms with Crippen LogP contribution >= 0.6 is 34.8 Å². The Morgan fingerprint density at radius 1 is 1.35 bits per heavy atom. The van der Waals surface area contributed by atoms with Crippen molar-refractivity contribution in [1.29, 1.82) is 0 Å². The number of hydrogen-bond donors (Lipinski definition) is 1. The Morgan fingerprint density at radius 2 is 2.10 bits per heavy atom. The molecule has 1 N–H and O–H groups in total. The van der Waals surface area contributed by atoms with Gasteiger partial charge < -0.3 is 4.98 Å². The third kappa shape index (κ3) is 2.10. The number of aromatic nitrogens is 4. The number of aryl methyl sites for hydroxylation is 2. The number of para-hydroxylation sites is 1. The minimum atomic E-state index is 0.717. The smallest absolute Gasteiger partial charge is 0.184 e. The van der Waals surface area contributed by atoms with E-state index in [1.807, 2.05) is 23.9 Å². The normalized spacial score (nSPS) is 11.3. The highest BCUT2D eigenvalue weighted by Crippen LogP contribution is 2.25. The average molecular weight is 398 g/mol. The first-order valence-electron chi connectivity index (χ1n) is 6.55. The number of benzene rings is 1. The second-order valence-corrected chi connectivity index (χ2v) is 6.28. The van der Waals surface area contributed by atoms with Gasteiger partial charge in [-0.05, 0) is 53.4 Å². The van der Waals surface area contributed by atoms with E-state index in [1.54, 1.807) is 0 Å². The molecule has 3 rings (SSSR count). The average Bonchev–Trinajstić information content (AvgIpc) is 2.89. The second-order valence-electron chi connectivity index (χ2n) is 4.74. The van der Waals surface area contributed by atoms with Gasteiger partial charge in [-0.3, -0.25) is 4.57 Å². The second kappa shape index (κ2) is 5.33. The van der Waals surface area contributed by atoms with Crippen molar-refractivity contribution in [3.63, 3.8) is 0 Å². The van der Waals surface area contributed by atoms with E-state index in [1.165, 1.54) is 3.57 Å². The van der Waals surface area contributed by atoms with Crippen LogP contribution < -0.4 is 0 Å². The van der Waals surface area contributed by atoms with Gasteiger partial charge in [-0.1, -0.05) is 25.5 Å². The summed E-state index contributed by atoms with van der Waals surface area (Å²) >= 11 is 7.85. The fourth-order valence-electron chi connectivity index (χ4n) is 2.48. The minimum Gasteiger partial charge on any atom is -0.327 e. The molecular weight excluding hydrogens is 383 g/mol. The molecule has 0 aliphatic heterocycles. The molecule has 3 aromatic rings. The summed E-state index contributed by atoms with van der Waals surface area (Å²) in [5.41, 5.74) is 4.26. The van der Waals surface area contributed by atoms with Gasteiger partial charge in [0.25, 0.3) is 0 Å². The van der Waals surface area contributed by atoms with E-state index in [-0.39, 0.29) is 0 Å². The molecule has 0 spiro atoms. The van der Waals surface area contributed by atoms with Gasteiger partial charge in [0.05, 0.1) is 11.4 Å². The van der Waals surface area contributed by atoms with Crippen LogP contribution in [0.2, 0.25) is 0 Å². The molecule has 2 aromatic heterocycles. The number of fused-ring (bicyclic) bond motifs is 1. The van der Waals surface area contributed by atoms with Gasteiger partial charge in [-0.2, -0.15) is 5.10 Å². The first-order chi connectivity index (χ1) is 9.63. The Bertz CT molecular complexity index is 827. The van der Waals surface area contributed by atoms with Crippen LogP contribution in [0.4, 0.5) is 0 Å². The molecule has 0 bridgehead atoms. The molecule has 2 heterocycles. The summed E-state index contributed by atoms with van der Waals surface area (Å²) in [6.45, 7) is 2.16. The third-order valence-electron chi connectivity index (χ3n) is 3.32. The molecule has 0 atom stereocenters. The van der Waals surface area contributed by atoms with Gasteiger partial charge in [0, 0.05) is 10.6 Å². The fourth-order valence-corrected chi connectivity index (χ4v) is 3.40. The van der Waals surface area contributed by atoms with Gasteiger partial charge in [0.2, 0.25) is 0 Å². The summed E-state index contributed by atoms with van der Waals surface area (Å²) in [6.07, 6.45) is 2.03. The van der Waals surface area contributed by atoms with Crippen molar-refractivity contribution in [2.24, 2.45) is 7.05 Å². The van der Waals surface area contributed by atoms with E-state index < -0.39 is 0 Å². The summed E-state index contributed by atoms with van der Waals surface area (Å²) in [5, 5.41) is 4.61. The number of nitrogens with zero attached hydrogens (tertiary/aromatic N) is 3. The van der Waals surface area contributed by atoms with Gasteiger partial charge >= 0.3 is 0 Å². The van der Waals surface area contributed by atoms with E-state index >= 15 is 0 Å². The molecule has 0 aliphatic carbocycles. The number of H-pyrrole nitrogens is 1. The van der Waals surface area contributed by atoms with Crippen LogP contribution in [0.25, 0.3) is 16.9 Å². The maximum absolute atomic E-state index is 5.51. The van der Waals surface area contributed by atoms with E-state index in [0.29, 0.717) is 0 Å². The molecule has 0 saturated heterocycles. The highest BCUT2D eigenvalue weighted by atomic mass is 127. The van der Waals surface area contributed by atoms with Crippen LogP contribution in [-0.2, 0) is 13.5 Å². The summed E-state index contributed by atoms with van der Waals surface area (Å²) < 4.78 is 5.86. The van der Waals surface area contributed by atoms with Gasteiger partial charge in [-0.25, -0.2) is 4.68 Å². The predicted molar refractivity (Wildman–Crippen MR) is 91.9 cm³/mol. The maximum Gasteiger partial charge on any atom is 0.184 e. The Labute approximate surface area is 135 Å². The molecule has 0 radical (unpaired) electrons. The quantitative estimate of drug-likeness (QED) is 0.536. The molecule has 0 fully saturated rings. The lowest BCUT2D eigenvalue weighted by Gasteiger charge is -2.06. The SMILES string of the molecule is CCCc1nn(C)c2c1[nH]c(=S)n2-c1ccccc1I. The summed E-state index contributed by atoms with van der Waals surface area (Å²) in [5.74, 6) is 0. The van der Waals surface area contributed by atoms with E-state index in [2.05, 4.69) is 56.3 Å². The van der Waals surface area contributed by atoms with E-state index in [9.17, 15) is 0 Å². The summed E-state index contributed by atoms with van der Waals surface area (Å²) in [4.78, 5) is 3.32. The Kier molecular flexibility index (Phi) is 3.68. The molecule has 0 amide bonds. The molecule has 4 nitrogen and oxygen atoms in total. The standard InChI is InChI=1S/C14H15IN4S/c1-3-6-10-12-13(18(2)17-10)19(14(20)16-12)11-8-5-4-7-9(11)15/h4-5,7-8H,3,6H2,1-2H3,(H,16,20). The van der Waals surface area contributed by atoms with Crippen molar-refractivity contribution in [3.8, 4) is 5.69 Å². The maximum atomic E-state index is 5.51. The molecule has 1 aromatic carbocycles. The number of hydrogen-bond acceptors (Lipinski definition) is 2. The molecule has 104 valence electrons. The first-order valence-corrected chi connectivity index (χ1v) is 8.03. The highest BCUT2D eigenvalue weighted by molar-refractivity contribution is 14.1. The molecule has 6 heteroatoms. The van der Waals surface area contributed by atoms with Crippen molar-refractivity contribution in [2.75, 3.05) is 0 Å². The van der Waals surface area contributed by atoms with Gasteiger partial charge in [-0.15, -0.1) is 0 Å². The molecule has 20 heavy (non-hydrogen) atoms. The lowest BCUT2D eigenvalue weighted by atomic mass is 10.2. The van der Waals surface area contributed by atoms with Gasteiger partial charge in [0.1, 0.15) is 5.52 Å². The van der Waals surface area contributed by atoms with E-state index in [0.717, 1.165) is 40.2 Å². The van der Waals surface area contributed by atoms with E-state index in [4.69, 9.17) is 12.2 Å². The molecule has 0 unspecified atom stereocenters. The number of nitrogens with one attached hydrogen (secondary N) is 1. The van der Waals surface area contributed by atoms with Crippen LogP contribution in [0.1, 0.15) is 19.0 Å². The van der Waals surface area contributed by atoms with Crippen molar-refractivity contribution < 1.29 is 0 Å². The summed E-state index contributed by atoms with van der Waals surface area (Å²) in [6, 6.07) is 8.23. The highest BCUT2D eigenvalue weighted by Gasteiger charge is 2.16.